The summed E-state index contributed by atoms with van der Waals surface area (Å²) in [5.41, 5.74) is 2.22. The molecule has 2 N–H and O–H groups in total. The van der Waals surface area contributed by atoms with E-state index in [0.29, 0.717) is 5.56 Å². The van der Waals surface area contributed by atoms with E-state index in [9.17, 15) is 9.90 Å². The number of amides is 1. The Morgan fingerprint density at radius 3 is 2.71 bits per heavy atom. The first kappa shape index (κ1) is 22.8. The highest BCUT2D eigenvalue weighted by Gasteiger charge is 2.29. The lowest BCUT2D eigenvalue weighted by Gasteiger charge is -2.28. The van der Waals surface area contributed by atoms with Crippen LogP contribution in [0.4, 0.5) is 11.6 Å². The fourth-order valence-corrected chi connectivity index (χ4v) is 4.74. The summed E-state index contributed by atoms with van der Waals surface area (Å²) in [6, 6.07) is 15.1. The van der Waals surface area contributed by atoms with Crippen molar-refractivity contribution < 1.29 is 9.90 Å². The van der Waals surface area contributed by atoms with Crippen LogP contribution in [0.15, 0.2) is 67.3 Å². The third-order valence-corrected chi connectivity index (χ3v) is 6.84. The summed E-state index contributed by atoms with van der Waals surface area (Å²) in [5.74, 6) is 1.58. The van der Waals surface area contributed by atoms with Gasteiger partial charge < -0.3 is 24.8 Å². The lowest BCUT2D eigenvalue weighted by atomic mass is 10.1. The van der Waals surface area contributed by atoms with Crippen molar-refractivity contribution in [3.05, 3.63) is 78.4 Å². The highest BCUT2D eigenvalue weighted by Crippen LogP contribution is 2.28. The van der Waals surface area contributed by atoms with E-state index in [-0.39, 0.29) is 18.6 Å². The van der Waals surface area contributed by atoms with Gasteiger partial charge in [0.2, 0.25) is 0 Å². The van der Waals surface area contributed by atoms with E-state index in [1.165, 1.54) is 0 Å². The molecule has 180 valence electrons. The second-order valence-corrected chi connectivity index (χ2v) is 8.87. The maximum atomic E-state index is 13.1. The number of anilines is 2. The predicted octanol–water partition coefficient (Wildman–Crippen LogP) is 2.87. The summed E-state index contributed by atoms with van der Waals surface area (Å²) in [5, 5.41) is 10.9. The number of benzene rings is 1. The van der Waals surface area contributed by atoms with E-state index in [0.717, 1.165) is 47.7 Å². The van der Waals surface area contributed by atoms with Crippen molar-refractivity contribution in [3.8, 4) is 0 Å². The number of hydrogen-bond acceptors (Lipinski definition) is 7. The SMILES string of the molecule is CN(C(=O)c1ccc(N(C)[C@@H]2CCN(c3ncnc4[nH]ccc34)C2)nc1)[C@@H](CO)c1ccccc1. The Morgan fingerprint density at radius 2 is 1.97 bits per heavy atom. The Hall–Kier alpha value is -3.98. The number of nitrogens with zero attached hydrogens (tertiary/aromatic N) is 6. The first-order valence-corrected chi connectivity index (χ1v) is 11.7. The van der Waals surface area contributed by atoms with Gasteiger partial charge in [-0.25, -0.2) is 15.0 Å². The van der Waals surface area contributed by atoms with E-state index < -0.39 is 6.04 Å². The molecule has 0 saturated carbocycles. The van der Waals surface area contributed by atoms with Gasteiger partial charge in [0.05, 0.1) is 23.6 Å². The minimum Gasteiger partial charge on any atom is -0.394 e. The molecule has 1 saturated heterocycles. The molecular weight excluding hydrogens is 442 g/mol. The summed E-state index contributed by atoms with van der Waals surface area (Å²) in [4.78, 5) is 35.6. The topological polar surface area (TPSA) is 101 Å². The summed E-state index contributed by atoms with van der Waals surface area (Å²) >= 11 is 0. The second-order valence-electron chi connectivity index (χ2n) is 8.87. The molecule has 4 aromatic rings. The zero-order chi connectivity index (χ0) is 24.4. The monoisotopic (exact) mass is 471 g/mol. The van der Waals surface area contributed by atoms with Crippen LogP contribution in [0.5, 0.6) is 0 Å². The van der Waals surface area contributed by atoms with E-state index in [1.54, 1.807) is 30.5 Å². The minimum absolute atomic E-state index is 0.153. The highest BCUT2D eigenvalue weighted by atomic mass is 16.3. The molecule has 9 nitrogen and oxygen atoms in total. The average Bonchev–Trinajstić information content (AvgIpc) is 3.59. The van der Waals surface area contributed by atoms with Crippen LogP contribution in [0.1, 0.15) is 28.4 Å². The molecule has 1 fully saturated rings. The number of aliphatic hydroxyl groups is 1. The standard InChI is InChI=1S/C26H29N7O2/c1-31(20-11-13-33(15-20)25-21-10-12-27-24(21)29-17-30-25)23-9-8-19(14-28-23)26(35)32(2)22(16-34)18-6-4-3-5-7-18/h3-10,12,14,17,20,22,34H,11,13,15-16H2,1-2H3,(H,27,29,30)/t20-,22+/m1/s1. The molecule has 3 aromatic heterocycles. The van der Waals surface area contributed by atoms with Crippen LogP contribution >= 0.6 is 0 Å². The smallest absolute Gasteiger partial charge is 0.255 e. The van der Waals surface area contributed by atoms with Crippen molar-refractivity contribution in [1.29, 1.82) is 0 Å². The van der Waals surface area contributed by atoms with Gasteiger partial charge >= 0.3 is 0 Å². The maximum absolute atomic E-state index is 13.1. The van der Waals surface area contributed by atoms with Gasteiger partial charge in [0.1, 0.15) is 23.6 Å². The molecule has 1 aliphatic rings. The first-order valence-electron chi connectivity index (χ1n) is 11.7. The number of pyridine rings is 1. The number of likely N-dealkylation sites (N-methyl/N-ethyl adjacent to an activating group) is 2. The minimum atomic E-state index is -0.413. The number of aromatic nitrogens is 4. The fraction of sp³-hybridized carbons (Fsp3) is 0.308. The van der Waals surface area contributed by atoms with Crippen LogP contribution in [0.25, 0.3) is 11.0 Å². The van der Waals surface area contributed by atoms with E-state index in [4.69, 9.17) is 0 Å². The molecule has 0 bridgehead atoms. The van der Waals surface area contributed by atoms with E-state index in [1.807, 2.05) is 55.7 Å². The van der Waals surface area contributed by atoms with Gasteiger partial charge in [-0.15, -0.1) is 0 Å². The average molecular weight is 472 g/mol. The van der Waals surface area contributed by atoms with Crippen LogP contribution in [0, 0.1) is 0 Å². The van der Waals surface area contributed by atoms with Gasteiger partial charge in [0, 0.05) is 45.6 Å². The second kappa shape index (κ2) is 9.71. The van der Waals surface area contributed by atoms with Gasteiger partial charge in [-0.05, 0) is 30.2 Å². The molecule has 0 spiro atoms. The Balaban J connectivity index is 1.26. The lowest BCUT2D eigenvalue weighted by molar-refractivity contribution is 0.0658. The van der Waals surface area contributed by atoms with E-state index in [2.05, 4.69) is 29.7 Å². The molecule has 9 heteroatoms. The zero-order valence-electron chi connectivity index (χ0n) is 19.9. The number of hydrogen-bond donors (Lipinski definition) is 2. The highest BCUT2D eigenvalue weighted by molar-refractivity contribution is 5.94. The Bertz CT molecular complexity index is 1290. The molecule has 5 rings (SSSR count). The molecule has 35 heavy (non-hydrogen) atoms. The van der Waals surface area contributed by atoms with Gasteiger partial charge in [0.25, 0.3) is 5.91 Å². The summed E-state index contributed by atoms with van der Waals surface area (Å²) in [6.45, 7) is 1.57. The third-order valence-electron chi connectivity index (χ3n) is 6.84. The van der Waals surface area contributed by atoms with Crippen LogP contribution in [-0.2, 0) is 0 Å². The van der Waals surface area contributed by atoms with Crippen molar-refractivity contribution in [2.24, 2.45) is 0 Å². The zero-order valence-corrected chi connectivity index (χ0v) is 19.9. The first-order chi connectivity index (χ1) is 17.1. The van der Waals surface area contributed by atoms with Gasteiger partial charge in [-0.1, -0.05) is 30.3 Å². The number of aromatic amines is 1. The van der Waals surface area contributed by atoms with Crippen LogP contribution in [0.2, 0.25) is 0 Å². The largest absolute Gasteiger partial charge is 0.394 e. The summed E-state index contributed by atoms with van der Waals surface area (Å²) in [7, 11) is 3.74. The molecule has 0 aliphatic carbocycles. The maximum Gasteiger partial charge on any atom is 0.255 e. The lowest BCUT2D eigenvalue weighted by Crippen LogP contribution is -2.35. The van der Waals surface area contributed by atoms with Gasteiger partial charge in [-0.2, -0.15) is 0 Å². The molecule has 0 unspecified atom stereocenters. The van der Waals surface area contributed by atoms with Gasteiger partial charge in [0.15, 0.2) is 0 Å². The number of fused-ring (bicyclic) bond motifs is 1. The molecular formula is C26H29N7O2. The van der Waals surface area contributed by atoms with Crippen molar-refractivity contribution in [1.82, 2.24) is 24.8 Å². The number of H-pyrrole nitrogens is 1. The fourth-order valence-electron chi connectivity index (χ4n) is 4.74. The molecule has 1 aliphatic heterocycles. The number of aliphatic hydroxyl groups excluding tert-OH is 1. The van der Waals surface area contributed by atoms with Crippen LogP contribution < -0.4 is 9.80 Å². The predicted molar refractivity (Wildman–Crippen MR) is 136 cm³/mol. The molecule has 4 heterocycles. The number of nitrogens with one attached hydrogen (secondary N) is 1. The Labute approximate surface area is 204 Å². The van der Waals surface area contributed by atoms with E-state index >= 15 is 0 Å². The number of carbonyl (C=O) groups excluding carboxylic acids is 1. The molecule has 0 radical (unpaired) electrons. The van der Waals surface area contributed by atoms with Gasteiger partial charge in [-0.3, -0.25) is 4.79 Å². The molecule has 2 atom stereocenters. The van der Waals surface area contributed by atoms with Crippen molar-refractivity contribution in [2.45, 2.75) is 18.5 Å². The number of rotatable bonds is 7. The number of carbonyl (C=O) groups is 1. The molecule has 1 amide bonds. The summed E-state index contributed by atoms with van der Waals surface area (Å²) in [6.07, 6.45) is 6.07. The third kappa shape index (κ3) is 4.42. The quantitative estimate of drug-likeness (QED) is 0.427. The van der Waals surface area contributed by atoms with Crippen molar-refractivity contribution >= 4 is 28.6 Å². The summed E-state index contributed by atoms with van der Waals surface area (Å²) < 4.78 is 0. The Kier molecular flexibility index (Phi) is 6.33. The Morgan fingerprint density at radius 1 is 1.14 bits per heavy atom. The van der Waals surface area contributed by atoms with Crippen molar-refractivity contribution in [2.75, 3.05) is 43.6 Å². The van der Waals surface area contributed by atoms with Crippen LogP contribution in [0.3, 0.4) is 0 Å². The normalized spacial score (nSPS) is 16.4. The molecule has 1 aromatic carbocycles. The van der Waals surface area contributed by atoms with Crippen LogP contribution in [-0.4, -0.2) is 75.7 Å². The van der Waals surface area contributed by atoms with Crippen molar-refractivity contribution in [3.63, 3.8) is 0 Å².